The summed E-state index contributed by atoms with van der Waals surface area (Å²) in [5, 5.41) is 0. The first kappa shape index (κ1) is 10.9. The molecule has 17 heavy (non-hydrogen) atoms. The van der Waals surface area contributed by atoms with Crippen molar-refractivity contribution >= 4 is 5.78 Å². The first-order chi connectivity index (χ1) is 8.12. The Labute approximate surface area is 98.8 Å². The van der Waals surface area contributed by atoms with Crippen LogP contribution >= 0.6 is 0 Å². The van der Waals surface area contributed by atoms with E-state index < -0.39 is 11.6 Å². The van der Waals surface area contributed by atoms with E-state index in [0.717, 1.165) is 38.2 Å². The van der Waals surface area contributed by atoms with Crippen LogP contribution in [0.2, 0.25) is 0 Å². The van der Waals surface area contributed by atoms with Crippen molar-refractivity contribution < 1.29 is 13.6 Å². The first-order valence-corrected chi connectivity index (χ1v) is 6.15. The Morgan fingerprint density at radius 3 is 2.47 bits per heavy atom. The predicted octanol–water partition coefficient (Wildman–Crippen LogP) is 3.75. The zero-order valence-electron chi connectivity index (χ0n) is 9.56. The minimum absolute atomic E-state index is 0.133. The van der Waals surface area contributed by atoms with Gasteiger partial charge in [0, 0.05) is 12.5 Å². The lowest BCUT2D eigenvalue weighted by molar-refractivity contribution is 0.0946. The lowest BCUT2D eigenvalue weighted by Gasteiger charge is -2.35. The number of Topliss-reactive ketones (excluding diaryl/α,β-unsaturated/α-hetero) is 1. The Morgan fingerprint density at radius 2 is 1.76 bits per heavy atom. The fourth-order valence-electron chi connectivity index (χ4n) is 3.46. The van der Waals surface area contributed by atoms with Crippen LogP contribution in [0.3, 0.4) is 0 Å². The minimum atomic E-state index is -0.684. The molecule has 0 heterocycles. The van der Waals surface area contributed by atoms with Gasteiger partial charge in [-0.25, -0.2) is 8.78 Å². The van der Waals surface area contributed by atoms with E-state index in [1.807, 2.05) is 0 Å². The third-order valence-corrected chi connectivity index (χ3v) is 4.30. The average Bonchev–Trinajstić information content (AvgIpc) is 2.73. The van der Waals surface area contributed by atoms with Gasteiger partial charge in [0.1, 0.15) is 11.6 Å². The molecule has 1 nitrogen and oxygen atoms in total. The number of hydrogen-bond acceptors (Lipinski definition) is 1. The molecule has 0 aromatic heterocycles. The minimum Gasteiger partial charge on any atom is -0.294 e. The summed E-state index contributed by atoms with van der Waals surface area (Å²) < 4.78 is 27.1. The highest BCUT2D eigenvalue weighted by molar-refractivity contribution is 5.99. The van der Waals surface area contributed by atoms with E-state index in [4.69, 9.17) is 0 Å². The maximum Gasteiger partial charge on any atom is 0.166 e. The van der Waals surface area contributed by atoms with E-state index in [2.05, 4.69) is 0 Å². The van der Waals surface area contributed by atoms with Crippen LogP contribution in [0.25, 0.3) is 0 Å². The smallest absolute Gasteiger partial charge is 0.166 e. The molecule has 0 amide bonds. The number of halogens is 2. The molecule has 0 saturated heterocycles. The quantitative estimate of drug-likeness (QED) is 0.670. The van der Waals surface area contributed by atoms with E-state index in [9.17, 15) is 13.6 Å². The van der Waals surface area contributed by atoms with Crippen molar-refractivity contribution in [2.75, 3.05) is 0 Å². The fourth-order valence-corrected chi connectivity index (χ4v) is 3.46. The van der Waals surface area contributed by atoms with Crippen molar-refractivity contribution in [3.8, 4) is 0 Å². The summed E-state index contributed by atoms with van der Waals surface area (Å²) in [7, 11) is 0. The average molecular weight is 236 g/mol. The second-order valence-electron chi connectivity index (χ2n) is 5.22. The molecule has 0 N–H and O–H groups in total. The summed E-state index contributed by atoms with van der Waals surface area (Å²) in [4.78, 5) is 11.8. The van der Waals surface area contributed by atoms with Crippen LogP contribution in [0, 0.1) is 11.6 Å². The molecule has 1 saturated carbocycles. The molecule has 90 valence electrons. The first-order valence-electron chi connectivity index (χ1n) is 6.15. The van der Waals surface area contributed by atoms with Crippen LogP contribution in [0.4, 0.5) is 8.78 Å². The molecule has 0 unspecified atom stereocenters. The number of ketones is 1. The molecule has 3 heteroatoms. The molecule has 1 aromatic carbocycles. The van der Waals surface area contributed by atoms with Gasteiger partial charge in [0.05, 0.1) is 5.56 Å². The number of carbonyl (C=O) groups is 1. The fraction of sp³-hybridized carbons (Fsp3) is 0.500. The van der Waals surface area contributed by atoms with E-state index in [1.165, 1.54) is 6.07 Å². The summed E-state index contributed by atoms with van der Waals surface area (Å²) in [5.41, 5.74) is 0.648. The van der Waals surface area contributed by atoms with Gasteiger partial charge in [0.15, 0.2) is 5.78 Å². The standard InChI is InChI=1S/C14H14F2O/c15-9-7-10-13(11(16)8-9)12(17)3-6-14(10)4-1-2-5-14/h7-8H,1-6H2. The van der Waals surface area contributed by atoms with Crippen molar-refractivity contribution in [3.05, 3.63) is 34.9 Å². The molecule has 0 atom stereocenters. The third-order valence-electron chi connectivity index (χ3n) is 4.30. The van der Waals surface area contributed by atoms with Gasteiger partial charge >= 0.3 is 0 Å². The highest BCUT2D eigenvalue weighted by Crippen LogP contribution is 2.49. The van der Waals surface area contributed by atoms with Crippen molar-refractivity contribution in [3.63, 3.8) is 0 Å². The van der Waals surface area contributed by atoms with Crippen LogP contribution < -0.4 is 0 Å². The lowest BCUT2D eigenvalue weighted by atomic mass is 9.68. The number of fused-ring (bicyclic) bond motifs is 2. The van der Waals surface area contributed by atoms with Crippen LogP contribution in [-0.4, -0.2) is 5.78 Å². The van der Waals surface area contributed by atoms with Gasteiger partial charge in [-0.2, -0.15) is 0 Å². The Bertz CT molecular complexity index is 487. The maximum atomic E-state index is 13.8. The Morgan fingerprint density at radius 1 is 1.06 bits per heavy atom. The molecule has 0 radical (unpaired) electrons. The van der Waals surface area contributed by atoms with E-state index in [0.29, 0.717) is 12.0 Å². The number of benzene rings is 1. The summed E-state index contributed by atoms with van der Waals surface area (Å²) in [5.74, 6) is -1.42. The summed E-state index contributed by atoms with van der Waals surface area (Å²) in [6.45, 7) is 0. The molecule has 0 aliphatic heterocycles. The third kappa shape index (κ3) is 1.52. The largest absolute Gasteiger partial charge is 0.294 e. The summed E-state index contributed by atoms with van der Waals surface area (Å²) in [6, 6.07) is 2.20. The molecular formula is C14H14F2O. The topological polar surface area (TPSA) is 17.1 Å². The summed E-state index contributed by atoms with van der Waals surface area (Å²) in [6.07, 6.45) is 5.24. The lowest BCUT2D eigenvalue weighted by Crippen LogP contribution is -2.31. The van der Waals surface area contributed by atoms with Gasteiger partial charge in [-0.1, -0.05) is 12.8 Å². The van der Waals surface area contributed by atoms with Crippen molar-refractivity contribution in [1.29, 1.82) is 0 Å². The van der Waals surface area contributed by atoms with Crippen molar-refractivity contribution in [2.45, 2.75) is 43.9 Å². The van der Waals surface area contributed by atoms with Gasteiger partial charge in [-0.05, 0) is 36.3 Å². The Balaban J connectivity index is 2.24. The molecule has 2 aliphatic rings. The second kappa shape index (κ2) is 3.62. The Kier molecular flexibility index (Phi) is 2.32. The second-order valence-corrected chi connectivity index (χ2v) is 5.22. The van der Waals surface area contributed by atoms with Crippen LogP contribution in [0.1, 0.15) is 54.4 Å². The molecule has 1 fully saturated rings. The normalized spacial score (nSPS) is 21.9. The SMILES string of the molecule is O=C1CCC2(CCCC2)c2cc(F)cc(F)c21. The highest BCUT2D eigenvalue weighted by Gasteiger charge is 2.42. The maximum absolute atomic E-state index is 13.8. The molecule has 2 aliphatic carbocycles. The number of hydrogen-bond donors (Lipinski definition) is 0. The highest BCUT2D eigenvalue weighted by atomic mass is 19.1. The number of rotatable bonds is 0. The van der Waals surface area contributed by atoms with E-state index in [1.54, 1.807) is 0 Å². The monoisotopic (exact) mass is 236 g/mol. The molecular weight excluding hydrogens is 222 g/mol. The van der Waals surface area contributed by atoms with E-state index in [-0.39, 0.29) is 16.8 Å². The zero-order valence-corrected chi connectivity index (χ0v) is 9.56. The van der Waals surface area contributed by atoms with Crippen LogP contribution in [0.5, 0.6) is 0 Å². The Hall–Kier alpha value is -1.25. The molecule has 3 rings (SSSR count). The van der Waals surface area contributed by atoms with Gasteiger partial charge in [-0.15, -0.1) is 0 Å². The van der Waals surface area contributed by atoms with E-state index >= 15 is 0 Å². The molecule has 1 aromatic rings. The predicted molar refractivity (Wildman–Crippen MR) is 60.1 cm³/mol. The molecule has 0 bridgehead atoms. The van der Waals surface area contributed by atoms with Crippen LogP contribution in [0.15, 0.2) is 12.1 Å². The van der Waals surface area contributed by atoms with Gasteiger partial charge in [0.2, 0.25) is 0 Å². The van der Waals surface area contributed by atoms with Gasteiger partial charge < -0.3 is 0 Å². The zero-order chi connectivity index (χ0) is 12.0. The van der Waals surface area contributed by atoms with Crippen molar-refractivity contribution in [2.24, 2.45) is 0 Å². The van der Waals surface area contributed by atoms with Crippen molar-refractivity contribution in [1.82, 2.24) is 0 Å². The van der Waals surface area contributed by atoms with Gasteiger partial charge in [-0.3, -0.25) is 4.79 Å². The van der Waals surface area contributed by atoms with Crippen LogP contribution in [-0.2, 0) is 5.41 Å². The summed E-state index contributed by atoms with van der Waals surface area (Å²) >= 11 is 0. The van der Waals surface area contributed by atoms with Gasteiger partial charge in [0.25, 0.3) is 0 Å². The number of carbonyl (C=O) groups excluding carboxylic acids is 1. The molecule has 1 spiro atoms.